The maximum absolute atomic E-state index is 13.0. The molecule has 0 radical (unpaired) electrons. The Morgan fingerprint density at radius 1 is 0.365 bits per heavy atom. The molecular formula is C76H140NO8+. The van der Waals surface area contributed by atoms with Crippen molar-refractivity contribution in [1.82, 2.24) is 0 Å². The van der Waals surface area contributed by atoms with E-state index in [1.54, 1.807) is 0 Å². The van der Waals surface area contributed by atoms with Gasteiger partial charge in [0.05, 0.1) is 34.4 Å². The van der Waals surface area contributed by atoms with Gasteiger partial charge in [0.1, 0.15) is 13.2 Å². The van der Waals surface area contributed by atoms with Crippen molar-refractivity contribution in [2.45, 2.75) is 360 Å². The van der Waals surface area contributed by atoms with E-state index in [1.807, 2.05) is 21.1 Å². The number of nitrogens with zero attached hydrogens (tertiary/aromatic N) is 1. The Bertz CT molecular complexity index is 1580. The van der Waals surface area contributed by atoms with E-state index in [0.717, 1.165) is 70.6 Å². The fourth-order valence-corrected chi connectivity index (χ4v) is 10.8. The van der Waals surface area contributed by atoms with Crippen LogP contribution in [0.2, 0.25) is 0 Å². The second kappa shape index (κ2) is 66.9. The van der Waals surface area contributed by atoms with Crippen molar-refractivity contribution < 1.29 is 42.9 Å². The van der Waals surface area contributed by atoms with Gasteiger partial charge in [-0.2, -0.15) is 0 Å². The first-order valence-electron chi connectivity index (χ1n) is 36.5. The van der Waals surface area contributed by atoms with Crippen molar-refractivity contribution in [3.63, 3.8) is 0 Å². The summed E-state index contributed by atoms with van der Waals surface area (Å²) in [6.07, 6.45) is 84.9. The van der Waals surface area contributed by atoms with Gasteiger partial charge in [0.15, 0.2) is 6.10 Å². The Hall–Kier alpha value is -3.01. The molecule has 0 saturated heterocycles. The van der Waals surface area contributed by atoms with Gasteiger partial charge in [-0.25, -0.2) is 4.79 Å². The fraction of sp³-hybridized carbons (Fsp3) is 0.829. The molecule has 0 amide bonds. The van der Waals surface area contributed by atoms with E-state index >= 15 is 0 Å². The average Bonchev–Trinajstić information content (AvgIpc) is 3.48. The summed E-state index contributed by atoms with van der Waals surface area (Å²) in [6.45, 7) is 4.82. The number of esters is 2. The van der Waals surface area contributed by atoms with Crippen LogP contribution in [0.25, 0.3) is 0 Å². The van der Waals surface area contributed by atoms with Crippen molar-refractivity contribution in [1.29, 1.82) is 0 Å². The normalized spacial score (nSPS) is 13.0. The first-order valence-corrected chi connectivity index (χ1v) is 36.5. The monoisotopic (exact) mass is 1200 g/mol. The molecule has 0 rings (SSSR count). The first-order chi connectivity index (χ1) is 41.6. The highest BCUT2D eigenvalue weighted by Crippen LogP contribution is 2.19. The molecule has 0 heterocycles. The van der Waals surface area contributed by atoms with Gasteiger partial charge >= 0.3 is 17.9 Å². The highest BCUT2D eigenvalue weighted by atomic mass is 16.7. The van der Waals surface area contributed by atoms with Gasteiger partial charge in [0, 0.05) is 12.8 Å². The lowest BCUT2D eigenvalue weighted by Crippen LogP contribution is -2.40. The summed E-state index contributed by atoms with van der Waals surface area (Å²) >= 11 is 0. The summed E-state index contributed by atoms with van der Waals surface area (Å²) in [6, 6.07) is 0. The van der Waals surface area contributed by atoms with E-state index < -0.39 is 24.3 Å². The van der Waals surface area contributed by atoms with Crippen LogP contribution >= 0.6 is 0 Å². The van der Waals surface area contributed by atoms with E-state index in [-0.39, 0.29) is 32.2 Å². The van der Waals surface area contributed by atoms with Crippen molar-refractivity contribution in [2.75, 3.05) is 47.5 Å². The number of rotatable bonds is 68. The lowest BCUT2D eigenvalue weighted by atomic mass is 10.0. The van der Waals surface area contributed by atoms with Crippen LogP contribution in [0, 0.1) is 0 Å². The summed E-state index contributed by atoms with van der Waals surface area (Å²) in [4.78, 5) is 37.7. The third-order valence-corrected chi connectivity index (χ3v) is 16.3. The lowest BCUT2D eigenvalue weighted by Gasteiger charge is -2.25. The highest BCUT2D eigenvalue weighted by Gasteiger charge is 2.25. The summed E-state index contributed by atoms with van der Waals surface area (Å²) in [7, 11) is 5.99. The van der Waals surface area contributed by atoms with Gasteiger partial charge in [-0.15, -0.1) is 0 Å². The van der Waals surface area contributed by atoms with E-state index in [0.29, 0.717) is 17.4 Å². The largest absolute Gasteiger partial charge is 0.477 e. The van der Waals surface area contributed by atoms with Crippen LogP contribution < -0.4 is 0 Å². The van der Waals surface area contributed by atoms with Gasteiger partial charge < -0.3 is 28.5 Å². The zero-order valence-corrected chi connectivity index (χ0v) is 56.8. The minimum Gasteiger partial charge on any atom is -0.477 e. The Labute approximate surface area is 526 Å². The number of hydrogen-bond acceptors (Lipinski definition) is 7. The number of carboxylic acid groups (broad SMARTS) is 1. The van der Waals surface area contributed by atoms with Crippen LogP contribution in [-0.2, 0) is 33.3 Å². The van der Waals surface area contributed by atoms with E-state index in [2.05, 4.69) is 74.6 Å². The molecular weight excluding hydrogens is 1050 g/mol. The molecule has 85 heavy (non-hydrogen) atoms. The van der Waals surface area contributed by atoms with Gasteiger partial charge in [0.2, 0.25) is 0 Å². The zero-order chi connectivity index (χ0) is 61.9. The molecule has 0 aliphatic heterocycles. The van der Waals surface area contributed by atoms with Crippen LogP contribution in [0.15, 0.2) is 60.8 Å². The molecule has 9 heteroatoms. The molecule has 0 fully saturated rings. The van der Waals surface area contributed by atoms with Crippen molar-refractivity contribution in [3.8, 4) is 0 Å². The van der Waals surface area contributed by atoms with Gasteiger partial charge in [-0.3, -0.25) is 9.59 Å². The number of aliphatic carboxylic acids is 1. The quantitative estimate of drug-likeness (QED) is 0.0211. The highest BCUT2D eigenvalue weighted by molar-refractivity contribution is 5.71. The molecule has 0 aromatic carbocycles. The minimum atomic E-state index is -1.51. The molecule has 0 bridgehead atoms. The van der Waals surface area contributed by atoms with Gasteiger partial charge in [-0.1, -0.05) is 338 Å². The Morgan fingerprint density at radius 2 is 0.671 bits per heavy atom. The predicted molar refractivity (Wildman–Crippen MR) is 364 cm³/mol. The van der Waals surface area contributed by atoms with E-state index in [4.69, 9.17) is 18.9 Å². The molecule has 2 atom stereocenters. The molecule has 0 aliphatic carbocycles. The van der Waals surface area contributed by atoms with Crippen LogP contribution in [-0.4, -0.2) is 87.4 Å². The number of ether oxygens (including phenoxy) is 4. The van der Waals surface area contributed by atoms with Crippen LogP contribution in [0.3, 0.4) is 0 Å². The third kappa shape index (κ3) is 68.3. The summed E-state index contributed by atoms with van der Waals surface area (Å²) in [5, 5.41) is 9.75. The summed E-state index contributed by atoms with van der Waals surface area (Å²) in [5.41, 5.74) is 0. The topological polar surface area (TPSA) is 108 Å². The average molecular weight is 1200 g/mol. The number of hydrogen-bond donors (Lipinski definition) is 1. The number of carbonyl (C=O) groups is 3. The summed E-state index contributed by atoms with van der Waals surface area (Å²) < 4.78 is 23.0. The number of carboxylic acids is 1. The molecule has 0 aromatic heterocycles. The molecule has 0 saturated carbocycles. The second-order valence-corrected chi connectivity index (χ2v) is 25.9. The van der Waals surface area contributed by atoms with Crippen LogP contribution in [0.4, 0.5) is 0 Å². The third-order valence-electron chi connectivity index (χ3n) is 16.3. The zero-order valence-electron chi connectivity index (χ0n) is 56.8. The van der Waals surface area contributed by atoms with E-state index in [9.17, 15) is 19.5 Å². The first kappa shape index (κ1) is 82.0. The van der Waals surface area contributed by atoms with Gasteiger partial charge in [0.25, 0.3) is 6.29 Å². The Kier molecular flexibility index (Phi) is 64.6. The molecule has 496 valence electrons. The maximum Gasteiger partial charge on any atom is 0.361 e. The number of unbranched alkanes of at least 4 members (excludes halogenated alkanes) is 43. The smallest absolute Gasteiger partial charge is 0.361 e. The number of quaternary nitrogens is 1. The minimum absolute atomic E-state index is 0.179. The van der Waals surface area contributed by atoms with E-state index in [1.165, 1.54) is 250 Å². The number of allylic oxidation sites excluding steroid dienone is 10. The Balaban J connectivity index is 4.06. The second-order valence-electron chi connectivity index (χ2n) is 25.9. The molecule has 0 aromatic rings. The fourth-order valence-electron chi connectivity index (χ4n) is 10.8. The van der Waals surface area contributed by atoms with Crippen molar-refractivity contribution in [2.24, 2.45) is 0 Å². The molecule has 0 aliphatic rings. The lowest BCUT2D eigenvalue weighted by molar-refractivity contribution is -0.870. The van der Waals surface area contributed by atoms with Crippen molar-refractivity contribution >= 4 is 17.9 Å². The number of likely N-dealkylation sites (N-methyl/N-ethyl adjacent to an activating group) is 1. The molecule has 0 spiro atoms. The van der Waals surface area contributed by atoms with Crippen molar-refractivity contribution in [3.05, 3.63) is 60.8 Å². The molecule has 1 N–H and O–H groups in total. The van der Waals surface area contributed by atoms with Gasteiger partial charge in [-0.05, 0) is 57.8 Å². The number of carbonyl (C=O) groups excluding carboxylic acids is 2. The molecule has 2 unspecified atom stereocenters. The predicted octanol–water partition coefficient (Wildman–Crippen LogP) is 22.7. The molecule has 9 nitrogen and oxygen atoms in total. The Morgan fingerprint density at radius 3 is 1.00 bits per heavy atom. The van der Waals surface area contributed by atoms with Crippen LogP contribution in [0.1, 0.15) is 348 Å². The SMILES string of the molecule is CC/C=C\C/C=C\C/C=C\C/C=C\C/C=C\CCCCCCCCCCCCCCCC(=O)OC(COC(=O)CCCCCCCCCCCCCCCCCCCCCCCCCCCCCCCCC)COC(OCC[N+](C)(C)C)C(=O)O. The summed E-state index contributed by atoms with van der Waals surface area (Å²) in [5.74, 6) is -1.98. The van der Waals surface area contributed by atoms with Crippen LogP contribution in [0.5, 0.6) is 0 Å². The maximum atomic E-state index is 13.0. The standard InChI is InChI=1S/C76H139NO8/c1-6-8-10-12-14-16-18-20-22-24-26-28-30-32-34-36-37-39-40-42-44-46-48-50-52-54-56-58-60-62-64-66-73(78)83-70-72(71-84-76(75(80)81)82-69-68-77(3,4)5)85-74(79)67-65-63-61-59-57-55-53-51-49-47-45-43-41-38-35-33-31-29-27-25-23-21-19-17-15-13-11-9-7-2/h9,11,15,17,21,23,27,29,33,35,72,76H,6-8,10,12-14,16,18-20,22,24-26,28,30-32,34,36-71H2,1-5H3/p+1/b11-9-,17-15-,23-21-,29-27-,35-33-.